The maximum atomic E-state index is 12.5. The molecule has 0 spiro atoms. The summed E-state index contributed by atoms with van der Waals surface area (Å²) in [6.45, 7) is 3.86. The lowest BCUT2D eigenvalue weighted by atomic mass is 10.3. The van der Waals surface area contributed by atoms with Gasteiger partial charge in [-0.05, 0) is 18.2 Å². The molecule has 1 rings (SSSR count). The first-order valence-corrected chi connectivity index (χ1v) is 3.23. The first-order chi connectivity index (χ1) is 5.33. The summed E-state index contributed by atoms with van der Waals surface area (Å²) >= 11 is 0. The lowest BCUT2D eigenvalue weighted by molar-refractivity contribution is 0.361. The third-order valence-corrected chi connectivity index (χ3v) is 1.09. The highest BCUT2D eigenvalue weighted by atomic mass is 19.1. The van der Waals surface area contributed by atoms with Crippen molar-refractivity contribution < 1.29 is 9.13 Å². The van der Waals surface area contributed by atoms with Crippen LogP contribution in [0.5, 0.6) is 5.75 Å². The third-order valence-electron chi connectivity index (χ3n) is 1.09. The Morgan fingerprint density at radius 1 is 1.64 bits per heavy atom. The van der Waals surface area contributed by atoms with E-state index < -0.39 is 0 Å². The summed E-state index contributed by atoms with van der Waals surface area (Å²) in [5.74, 6) is 0.136. The third kappa shape index (κ3) is 2.42. The van der Waals surface area contributed by atoms with Gasteiger partial charge >= 0.3 is 0 Å². The van der Waals surface area contributed by atoms with E-state index in [0.717, 1.165) is 0 Å². The van der Waals surface area contributed by atoms with Gasteiger partial charge in [0.25, 0.3) is 0 Å². The summed E-state index contributed by atoms with van der Waals surface area (Å²) in [6.07, 6.45) is 1.60. The Balaban J connectivity index is 2.63. The van der Waals surface area contributed by atoms with Gasteiger partial charge in [0.15, 0.2) is 0 Å². The van der Waals surface area contributed by atoms with E-state index in [1.165, 1.54) is 12.1 Å². The molecule has 1 aromatic carbocycles. The van der Waals surface area contributed by atoms with Crippen LogP contribution in [-0.4, -0.2) is 6.61 Å². The van der Waals surface area contributed by atoms with Gasteiger partial charge in [-0.1, -0.05) is 12.7 Å². The van der Waals surface area contributed by atoms with Gasteiger partial charge in [-0.2, -0.15) is 0 Å². The van der Waals surface area contributed by atoms with Crippen molar-refractivity contribution in [2.24, 2.45) is 0 Å². The second kappa shape index (κ2) is 3.76. The van der Waals surface area contributed by atoms with E-state index in [-0.39, 0.29) is 5.82 Å². The summed E-state index contributed by atoms with van der Waals surface area (Å²) in [5.41, 5.74) is 0. The quantitative estimate of drug-likeness (QED) is 0.601. The Morgan fingerprint density at radius 2 is 2.45 bits per heavy atom. The Kier molecular flexibility index (Phi) is 2.66. The van der Waals surface area contributed by atoms with Crippen molar-refractivity contribution in [1.82, 2.24) is 0 Å². The molecule has 0 saturated heterocycles. The molecule has 0 bridgehead atoms. The minimum absolute atomic E-state index is 0.341. The fraction of sp³-hybridized carbons (Fsp3) is 0.111. The fourth-order valence-corrected chi connectivity index (χ4v) is 0.661. The predicted molar refractivity (Wildman–Crippen MR) is 40.9 cm³/mol. The van der Waals surface area contributed by atoms with Gasteiger partial charge in [-0.15, -0.1) is 0 Å². The van der Waals surface area contributed by atoms with Crippen LogP contribution in [0.3, 0.4) is 0 Å². The fourth-order valence-electron chi connectivity index (χ4n) is 0.661. The second-order valence-corrected chi connectivity index (χ2v) is 1.99. The summed E-state index contributed by atoms with van der Waals surface area (Å²) < 4.78 is 17.5. The zero-order valence-corrected chi connectivity index (χ0v) is 6.01. The van der Waals surface area contributed by atoms with E-state index in [4.69, 9.17) is 4.74 Å². The first-order valence-electron chi connectivity index (χ1n) is 3.23. The molecule has 0 heterocycles. The van der Waals surface area contributed by atoms with Crippen LogP contribution in [-0.2, 0) is 0 Å². The molecule has 0 unspecified atom stereocenters. The lowest BCUT2D eigenvalue weighted by Crippen LogP contribution is -1.92. The maximum Gasteiger partial charge on any atom is 0.127 e. The van der Waals surface area contributed by atoms with Gasteiger partial charge in [-0.25, -0.2) is 4.39 Å². The lowest BCUT2D eigenvalue weighted by Gasteiger charge is -2.00. The van der Waals surface area contributed by atoms with Crippen molar-refractivity contribution in [3.05, 3.63) is 42.7 Å². The Hall–Kier alpha value is -1.31. The monoisotopic (exact) mass is 151 g/mol. The average Bonchev–Trinajstić information content (AvgIpc) is 2.01. The summed E-state index contributed by atoms with van der Waals surface area (Å²) in [7, 11) is 0. The van der Waals surface area contributed by atoms with Crippen molar-refractivity contribution in [2.75, 3.05) is 6.61 Å². The van der Waals surface area contributed by atoms with E-state index in [2.05, 4.69) is 12.6 Å². The molecule has 1 radical (unpaired) electrons. The highest BCUT2D eigenvalue weighted by Crippen LogP contribution is 2.10. The zero-order chi connectivity index (χ0) is 8.10. The van der Waals surface area contributed by atoms with Crippen LogP contribution >= 0.6 is 0 Å². The average molecular weight is 151 g/mol. The standard InChI is InChI=1S/C9H8FO/c1-2-6-11-9-5-3-4-8(10)7-9/h2,4-5,7H,1,6H2. The van der Waals surface area contributed by atoms with Crippen LogP contribution in [0.15, 0.2) is 30.9 Å². The zero-order valence-electron chi connectivity index (χ0n) is 6.01. The van der Waals surface area contributed by atoms with Crippen LogP contribution in [0.25, 0.3) is 0 Å². The van der Waals surface area contributed by atoms with Crippen molar-refractivity contribution in [1.29, 1.82) is 0 Å². The van der Waals surface area contributed by atoms with Crippen LogP contribution in [0.1, 0.15) is 0 Å². The molecule has 0 N–H and O–H groups in total. The largest absolute Gasteiger partial charge is 0.489 e. The number of rotatable bonds is 3. The van der Waals surface area contributed by atoms with Crippen LogP contribution in [0.4, 0.5) is 4.39 Å². The highest BCUT2D eigenvalue weighted by molar-refractivity contribution is 5.21. The molecule has 0 atom stereocenters. The number of hydrogen-bond donors (Lipinski definition) is 0. The van der Waals surface area contributed by atoms with E-state index in [1.54, 1.807) is 12.1 Å². The molecule has 0 aliphatic carbocycles. The van der Waals surface area contributed by atoms with Gasteiger partial charge in [0.1, 0.15) is 18.2 Å². The van der Waals surface area contributed by atoms with E-state index >= 15 is 0 Å². The molecule has 0 saturated carbocycles. The molecule has 1 aromatic rings. The van der Waals surface area contributed by atoms with Gasteiger partial charge < -0.3 is 4.74 Å². The van der Waals surface area contributed by atoms with Gasteiger partial charge in [-0.3, -0.25) is 0 Å². The van der Waals surface area contributed by atoms with E-state index in [0.29, 0.717) is 12.4 Å². The van der Waals surface area contributed by atoms with Crippen LogP contribution < -0.4 is 4.74 Å². The van der Waals surface area contributed by atoms with Crippen molar-refractivity contribution >= 4 is 0 Å². The van der Waals surface area contributed by atoms with Crippen molar-refractivity contribution in [3.8, 4) is 5.75 Å². The molecule has 0 fully saturated rings. The van der Waals surface area contributed by atoms with E-state index in [9.17, 15) is 4.39 Å². The van der Waals surface area contributed by atoms with Gasteiger partial charge in [0.05, 0.1) is 0 Å². The highest BCUT2D eigenvalue weighted by Gasteiger charge is 1.92. The predicted octanol–water partition coefficient (Wildman–Crippen LogP) is 2.19. The topological polar surface area (TPSA) is 9.23 Å². The van der Waals surface area contributed by atoms with Crippen LogP contribution in [0, 0.1) is 11.9 Å². The molecule has 0 aromatic heterocycles. The summed E-state index contributed by atoms with van der Waals surface area (Å²) in [4.78, 5) is 0. The number of halogens is 1. The molecule has 0 aliphatic rings. The Labute approximate surface area is 65.1 Å². The van der Waals surface area contributed by atoms with Crippen molar-refractivity contribution in [3.63, 3.8) is 0 Å². The maximum absolute atomic E-state index is 12.5. The Bertz CT molecular complexity index is 245. The SMILES string of the molecule is C=CCOc1c[c]cc(F)c1. The number of benzene rings is 1. The first kappa shape index (κ1) is 7.79. The van der Waals surface area contributed by atoms with E-state index in [1.807, 2.05) is 0 Å². The molecular formula is C9H8FO. The number of ether oxygens (including phenoxy) is 1. The molecule has 1 nitrogen and oxygen atoms in total. The molecule has 0 aliphatic heterocycles. The number of hydrogen-bond acceptors (Lipinski definition) is 1. The van der Waals surface area contributed by atoms with Crippen molar-refractivity contribution in [2.45, 2.75) is 0 Å². The second-order valence-electron chi connectivity index (χ2n) is 1.99. The minimum atomic E-state index is -0.341. The summed E-state index contributed by atoms with van der Waals surface area (Å²) in [5, 5.41) is 0. The molecule has 11 heavy (non-hydrogen) atoms. The van der Waals surface area contributed by atoms with Crippen LogP contribution in [0.2, 0.25) is 0 Å². The van der Waals surface area contributed by atoms with Gasteiger partial charge in [0.2, 0.25) is 0 Å². The molecule has 2 heteroatoms. The molecular weight excluding hydrogens is 143 g/mol. The molecule has 57 valence electrons. The molecule has 0 amide bonds. The van der Waals surface area contributed by atoms with Gasteiger partial charge in [0, 0.05) is 6.07 Å². The normalized spacial score (nSPS) is 9.18. The smallest absolute Gasteiger partial charge is 0.127 e. The summed E-state index contributed by atoms with van der Waals surface area (Å²) in [6, 6.07) is 6.74. The minimum Gasteiger partial charge on any atom is -0.489 e. The Morgan fingerprint density at radius 3 is 3.09 bits per heavy atom.